The number of nitrogens with zero attached hydrogens (tertiary/aromatic N) is 1. The second-order valence-corrected chi connectivity index (χ2v) is 14.9. The minimum atomic E-state index is -2.09. The molecule has 6 nitrogen and oxygen atoms in total. The van der Waals surface area contributed by atoms with E-state index in [1.165, 1.54) is 12.5 Å². The molecule has 2 aliphatic rings. The quantitative estimate of drug-likeness (QED) is 0.235. The van der Waals surface area contributed by atoms with Gasteiger partial charge in [-0.25, -0.2) is 0 Å². The van der Waals surface area contributed by atoms with Crippen LogP contribution in [0.2, 0.25) is 0 Å². The van der Waals surface area contributed by atoms with Crippen molar-refractivity contribution < 1.29 is 21.9 Å². The number of carbonyl (C=O) groups excluding carboxylic acids is 3. The number of nitrogens with one attached hydrogen (secondary N) is 1. The zero-order valence-corrected chi connectivity index (χ0v) is 27.6. The van der Waals surface area contributed by atoms with E-state index in [4.69, 9.17) is 7.48 Å². The number of hydrogen-bond acceptors (Lipinski definition) is 5. The van der Waals surface area contributed by atoms with Gasteiger partial charge in [0.25, 0.3) is 0 Å². The van der Waals surface area contributed by atoms with Gasteiger partial charge in [0.1, 0.15) is 11.8 Å². The third kappa shape index (κ3) is 6.28. The molecule has 1 saturated heterocycles. The van der Waals surface area contributed by atoms with E-state index in [-0.39, 0.29) is 47.7 Å². The lowest BCUT2D eigenvalue weighted by Gasteiger charge is -2.47. The van der Waals surface area contributed by atoms with E-state index in [0.29, 0.717) is 6.42 Å². The van der Waals surface area contributed by atoms with Crippen LogP contribution in [0.4, 0.5) is 0 Å². The highest BCUT2D eigenvalue weighted by Gasteiger charge is 2.63. The molecule has 1 unspecified atom stereocenters. The third-order valence-electron chi connectivity index (χ3n) is 10.6. The molecule has 1 amide bonds. The number of hydrogen-bond donors (Lipinski definition) is 1. The SMILES string of the molecule is [2H]C([2H])(C)[C@](C)(N[C@@](C)(CC(C)c1ccc(C)c(C)c1)C(=O)OCC(C)C)C(=O)N1[C@H](C=O)C[C@@H]2CC(C)(C)C(C)(C)[C@@H]21. The van der Waals surface area contributed by atoms with E-state index in [2.05, 4.69) is 65.1 Å². The number of amides is 1. The second kappa shape index (κ2) is 11.8. The van der Waals surface area contributed by atoms with Crippen LogP contribution in [0.5, 0.6) is 0 Å². The Hall–Kier alpha value is -2.21. The summed E-state index contributed by atoms with van der Waals surface area (Å²) in [5, 5.41) is 3.29. The van der Waals surface area contributed by atoms with Gasteiger partial charge in [-0.15, -0.1) is 0 Å². The van der Waals surface area contributed by atoms with Gasteiger partial charge in [0, 0.05) is 8.78 Å². The lowest BCUT2D eigenvalue weighted by atomic mass is 9.68. The maximum Gasteiger partial charge on any atom is 0.326 e. The van der Waals surface area contributed by atoms with Crippen molar-refractivity contribution in [1.29, 1.82) is 0 Å². The van der Waals surface area contributed by atoms with Crippen LogP contribution >= 0.6 is 0 Å². The van der Waals surface area contributed by atoms with Crippen LogP contribution in [0, 0.1) is 36.5 Å². The van der Waals surface area contributed by atoms with Crippen LogP contribution in [0.25, 0.3) is 0 Å². The van der Waals surface area contributed by atoms with E-state index in [9.17, 15) is 14.4 Å². The summed E-state index contributed by atoms with van der Waals surface area (Å²) in [6, 6.07) is 5.37. The van der Waals surface area contributed by atoms with Gasteiger partial charge < -0.3 is 14.4 Å². The number of benzene rings is 1. The Morgan fingerprint density at radius 2 is 1.78 bits per heavy atom. The van der Waals surface area contributed by atoms with E-state index < -0.39 is 35.4 Å². The summed E-state index contributed by atoms with van der Waals surface area (Å²) in [7, 11) is 0. The molecule has 1 aromatic carbocycles. The molecule has 0 radical (unpaired) electrons. The Labute approximate surface area is 252 Å². The highest BCUT2D eigenvalue weighted by molar-refractivity contribution is 5.91. The number of esters is 1. The monoisotopic (exact) mass is 570 g/mol. The predicted molar refractivity (Wildman–Crippen MR) is 166 cm³/mol. The fourth-order valence-corrected chi connectivity index (χ4v) is 7.26. The molecule has 6 heteroatoms. The van der Waals surface area contributed by atoms with Crippen molar-refractivity contribution in [3.63, 3.8) is 0 Å². The summed E-state index contributed by atoms with van der Waals surface area (Å²) in [5.41, 5.74) is -0.223. The molecule has 0 aromatic heterocycles. The first kappa shape index (κ1) is 30.3. The Kier molecular flexibility index (Phi) is 8.72. The molecule has 1 saturated carbocycles. The third-order valence-corrected chi connectivity index (χ3v) is 10.6. The van der Waals surface area contributed by atoms with Crippen molar-refractivity contribution in [1.82, 2.24) is 10.2 Å². The molecule has 1 heterocycles. The topological polar surface area (TPSA) is 75.7 Å². The maximum atomic E-state index is 14.8. The highest BCUT2D eigenvalue weighted by atomic mass is 16.5. The van der Waals surface area contributed by atoms with Crippen molar-refractivity contribution in [3.8, 4) is 0 Å². The van der Waals surface area contributed by atoms with Gasteiger partial charge in [0.2, 0.25) is 5.91 Å². The fraction of sp³-hybridized carbons (Fsp3) is 0.743. The molecule has 230 valence electrons. The highest BCUT2D eigenvalue weighted by Crippen LogP contribution is 2.60. The van der Waals surface area contributed by atoms with Gasteiger partial charge >= 0.3 is 5.97 Å². The Morgan fingerprint density at radius 1 is 1.15 bits per heavy atom. The average molecular weight is 571 g/mol. The smallest absolute Gasteiger partial charge is 0.326 e. The van der Waals surface area contributed by atoms with Crippen LogP contribution in [-0.2, 0) is 19.1 Å². The number of aldehydes is 1. The Morgan fingerprint density at radius 3 is 2.32 bits per heavy atom. The summed E-state index contributed by atoms with van der Waals surface area (Å²) in [4.78, 5) is 42.8. The number of fused-ring (bicyclic) bond motifs is 1. The van der Waals surface area contributed by atoms with E-state index >= 15 is 0 Å². The summed E-state index contributed by atoms with van der Waals surface area (Å²) < 4.78 is 23.7. The van der Waals surface area contributed by atoms with E-state index in [1.807, 2.05) is 20.8 Å². The number of rotatable bonds is 11. The van der Waals surface area contributed by atoms with Crippen LogP contribution in [0.15, 0.2) is 18.2 Å². The molecule has 41 heavy (non-hydrogen) atoms. The normalized spacial score (nSPS) is 27.7. The molecular formula is C35H56N2O4. The molecule has 0 spiro atoms. The molecule has 1 aliphatic carbocycles. The molecule has 1 aromatic rings. The second-order valence-electron chi connectivity index (χ2n) is 14.9. The van der Waals surface area contributed by atoms with E-state index in [1.54, 1.807) is 18.7 Å². The Balaban J connectivity index is 2.09. The van der Waals surface area contributed by atoms with Gasteiger partial charge in [0.15, 0.2) is 0 Å². The van der Waals surface area contributed by atoms with Crippen molar-refractivity contribution in [3.05, 3.63) is 34.9 Å². The van der Waals surface area contributed by atoms with Gasteiger partial charge in [-0.3, -0.25) is 14.9 Å². The Bertz CT molecular complexity index is 1220. The lowest BCUT2D eigenvalue weighted by molar-refractivity contribution is -0.156. The van der Waals surface area contributed by atoms with Crippen LogP contribution in [0.1, 0.15) is 120 Å². The summed E-state index contributed by atoms with van der Waals surface area (Å²) >= 11 is 0. The molecule has 1 aliphatic heterocycles. The van der Waals surface area contributed by atoms with Crippen LogP contribution < -0.4 is 5.32 Å². The molecule has 6 atom stereocenters. The van der Waals surface area contributed by atoms with Crippen LogP contribution in [0.3, 0.4) is 0 Å². The zero-order valence-electron chi connectivity index (χ0n) is 29.6. The predicted octanol–water partition coefficient (Wildman–Crippen LogP) is 6.75. The molecular weight excluding hydrogens is 512 g/mol. The number of carbonyl (C=O) groups is 3. The van der Waals surface area contributed by atoms with Crippen molar-refractivity contribution in [2.75, 3.05) is 6.61 Å². The minimum Gasteiger partial charge on any atom is -0.464 e. The maximum absolute atomic E-state index is 14.8. The summed E-state index contributed by atoms with van der Waals surface area (Å²) in [5.74, 6) is -0.855. The summed E-state index contributed by atoms with van der Waals surface area (Å²) in [6.07, 6.45) is 0.481. The van der Waals surface area contributed by atoms with Gasteiger partial charge in [0.05, 0.1) is 18.2 Å². The van der Waals surface area contributed by atoms with Gasteiger partial charge in [-0.05, 0) is 98.6 Å². The lowest BCUT2D eigenvalue weighted by Crippen LogP contribution is -2.67. The molecule has 0 bridgehead atoms. The first-order valence-electron chi connectivity index (χ1n) is 16.3. The van der Waals surface area contributed by atoms with Crippen molar-refractivity contribution in [2.45, 2.75) is 138 Å². The molecule has 3 rings (SSSR count). The largest absolute Gasteiger partial charge is 0.464 e. The van der Waals surface area contributed by atoms with E-state index in [0.717, 1.165) is 23.8 Å². The van der Waals surface area contributed by atoms with Crippen LogP contribution in [-0.4, -0.2) is 52.8 Å². The fourth-order valence-electron chi connectivity index (χ4n) is 7.26. The molecule has 2 fully saturated rings. The van der Waals surface area contributed by atoms with Crippen molar-refractivity contribution in [2.24, 2.45) is 22.7 Å². The first-order valence-corrected chi connectivity index (χ1v) is 15.3. The first-order chi connectivity index (χ1) is 19.5. The van der Waals surface area contributed by atoms with Gasteiger partial charge in [-0.2, -0.15) is 0 Å². The molecule has 1 N–H and O–H groups in total. The zero-order chi connectivity index (χ0) is 32.9. The number of aryl methyl sites for hydroxylation is 2. The number of ether oxygens (including phenoxy) is 1. The summed E-state index contributed by atoms with van der Waals surface area (Å²) in [6.45, 7) is 23.6. The van der Waals surface area contributed by atoms with Gasteiger partial charge in [-0.1, -0.05) is 73.6 Å². The number of likely N-dealkylation sites (tertiary alicyclic amines) is 1. The minimum absolute atomic E-state index is 0.0689. The van der Waals surface area contributed by atoms with Crippen molar-refractivity contribution >= 4 is 18.2 Å². The standard InChI is InChI=1S/C35H56N2O4/c1-13-34(11,30(39)37-28(20-38)17-27-19-32(7,8)33(9,10)29(27)37)36-35(12,31(40)41-21-22(2)3)18-25(6)26-15-14-23(4)24(5)16-26/h14-16,20,22,25,27-29,36H,13,17-19,21H2,1-12H3/t25?,27-,28+,29-,34+,35+/m1/s1/i13D2. The average Bonchev–Trinajstić information content (AvgIpc) is 3.32.